The first-order valence-electron chi connectivity index (χ1n) is 7.87. The second kappa shape index (κ2) is 7.24. The van der Waals surface area contributed by atoms with Gasteiger partial charge in [-0.1, -0.05) is 66.7 Å². The van der Waals surface area contributed by atoms with Gasteiger partial charge in [0.15, 0.2) is 5.96 Å². The summed E-state index contributed by atoms with van der Waals surface area (Å²) in [6.07, 6.45) is 0. The molecule has 0 bridgehead atoms. The SMILES string of the molecule is Cl.NC(=Nc1cccc2ccccc12)Nc1ccc2ccccc2c1. The van der Waals surface area contributed by atoms with E-state index in [9.17, 15) is 0 Å². The molecular formula is C21H18ClN3. The van der Waals surface area contributed by atoms with Crippen LogP contribution >= 0.6 is 12.4 Å². The maximum absolute atomic E-state index is 6.11. The van der Waals surface area contributed by atoms with Gasteiger partial charge in [0, 0.05) is 11.1 Å². The molecule has 0 aliphatic carbocycles. The topological polar surface area (TPSA) is 50.4 Å². The Morgan fingerprint density at radius 3 is 2.24 bits per heavy atom. The molecule has 0 atom stereocenters. The summed E-state index contributed by atoms with van der Waals surface area (Å²) in [5.41, 5.74) is 7.90. The summed E-state index contributed by atoms with van der Waals surface area (Å²) >= 11 is 0. The molecule has 4 aromatic carbocycles. The van der Waals surface area contributed by atoms with Crippen molar-refractivity contribution in [1.82, 2.24) is 0 Å². The number of hydrogen-bond donors (Lipinski definition) is 2. The fraction of sp³-hybridized carbons (Fsp3) is 0. The van der Waals surface area contributed by atoms with Crippen LogP contribution in [0.15, 0.2) is 89.9 Å². The molecule has 4 heteroatoms. The van der Waals surface area contributed by atoms with E-state index in [1.54, 1.807) is 0 Å². The monoisotopic (exact) mass is 347 g/mol. The quantitative estimate of drug-likeness (QED) is 0.373. The standard InChI is InChI=1S/C21H17N3.ClH/c22-21(23-18-13-12-15-6-1-2-8-17(15)14-18)24-20-11-5-9-16-7-3-4-10-19(16)20;/h1-14H,(H3,22,23,24);1H. The third-order valence-electron chi connectivity index (χ3n) is 4.03. The molecule has 0 radical (unpaired) electrons. The molecule has 0 saturated carbocycles. The van der Waals surface area contributed by atoms with E-state index < -0.39 is 0 Å². The van der Waals surface area contributed by atoms with Gasteiger partial charge in [-0.3, -0.25) is 0 Å². The number of fused-ring (bicyclic) bond motifs is 2. The van der Waals surface area contributed by atoms with Gasteiger partial charge in [0.1, 0.15) is 0 Å². The molecule has 0 aliphatic heterocycles. The predicted molar refractivity (Wildman–Crippen MR) is 110 cm³/mol. The van der Waals surface area contributed by atoms with Crippen LogP contribution in [-0.4, -0.2) is 5.96 Å². The van der Waals surface area contributed by atoms with Crippen molar-refractivity contribution in [2.75, 3.05) is 5.32 Å². The molecule has 0 saturated heterocycles. The van der Waals surface area contributed by atoms with E-state index in [1.807, 2.05) is 42.5 Å². The number of rotatable bonds is 2. The lowest BCUT2D eigenvalue weighted by Crippen LogP contribution is -2.21. The zero-order valence-electron chi connectivity index (χ0n) is 13.5. The molecule has 124 valence electrons. The van der Waals surface area contributed by atoms with Gasteiger partial charge in [0.05, 0.1) is 5.69 Å². The van der Waals surface area contributed by atoms with Crippen molar-refractivity contribution in [3.8, 4) is 0 Å². The molecule has 25 heavy (non-hydrogen) atoms. The normalized spacial score (nSPS) is 11.3. The van der Waals surface area contributed by atoms with E-state index in [2.05, 4.69) is 52.8 Å². The van der Waals surface area contributed by atoms with Crippen LogP contribution in [0.4, 0.5) is 11.4 Å². The third-order valence-corrected chi connectivity index (χ3v) is 4.03. The molecule has 0 amide bonds. The van der Waals surface area contributed by atoms with Gasteiger partial charge in [-0.15, -0.1) is 12.4 Å². The van der Waals surface area contributed by atoms with Gasteiger partial charge in [-0.05, 0) is 34.4 Å². The Kier molecular flexibility index (Phi) is 4.87. The lowest BCUT2D eigenvalue weighted by atomic mass is 10.1. The Hall–Kier alpha value is -3.04. The summed E-state index contributed by atoms with van der Waals surface area (Å²) in [6, 6.07) is 28.6. The average molecular weight is 348 g/mol. The van der Waals surface area contributed by atoms with Gasteiger partial charge in [-0.2, -0.15) is 0 Å². The molecule has 3 N–H and O–H groups in total. The van der Waals surface area contributed by atoms with Crippen molar-refractivity contribution in [3.05, 3.63) is 84.9 Å². The molecule has 0 aliphatic rings. The molecule has 0 fully saturated rings. The fourth-order valence-electron chi connectivity index (χ4n) is 2.88. The van der Waals surface area contributed by atoms with Crippen molar-refractivity contribution in [1.29, 1.82) is 0 Å². The Bertz CT molecular complexity index is 1050. The lowest BCUT2D eigenvalue weighted by molar-refractivity contribution is 1.46. The number of halogens is 1. The van der Waals surface area contributed by atoms with Crippen LogP contribution in [0, 0.1) is 0 Å². The van der Waals surface area contributed by atoms with Crippen LogP contribution in [0.3, 0.4) is 0 Å². The first-order chi connectivity index (χ1) is 11.8. The van der Waals surface area contributed by atoms with Crippen LogP contribution in [0.2, 0.25) is 0 Å². The van der Waals surface area contributed by atoms with Crippen LogP contribution in [0.1, 0.15) is 0 Å². The fourth-order valence-corrected chi connectivity index (χ4v) is 2.88. The Balaban J connectivity index is 0.00000182. The highest BCUT2D eigenvalue weighted by molar-refractivity contribution is 6.00. The average Bonchev–Trinajstić information content (AvgIpc) is 2.62. The molecule has 3 nitrogen and oxygen atoms in total. The predicted octanol–water partition coefficient (Wildman–Crippen LogP) is 5.47. The minimum Gasteiger partial charge on any atom is -0.369 e. The maximum Gasteiger partial charge on any atom is 0.198 e. The Morgan fingerprint density at radius 2 is 1.40 bits per heavy atom. The van der Waals surface area contributed by atoms with Crippen molar-refractivity contribution in [2.24, 2.45) is 10.7 Å². The second-order valence-electron chi connectivity index (χ2n) is 5.68. The van der Waals surface area contributed by atoms with Crippen LogP contribution in [0.25, 0.3) is 21.5 Å². The maximum atomic E-state index is 6.11. The van der Waals surface area contributed by atoms with Gasteiger partial charge >= 0.3 is 0 Å². The third kappa shape index (κ3) is 3.57. The first kappa shape index (κ1) is 16.8. The van der Waals surface area contributed by atoms with Crippen LogP contribution in [-0.2, 0) is 0 Å². The van der Waals surface area contributed by atoms with Crippen molar-refractivity contribution >= 4 is 51.3 Å². The number of nitrogens with one attached hydrogen (secondary N) is 1. The highest BCUT2D eigenvalue weighted by atomic mass is 35.5. The minimum absolute atomic E-state index is 0. The summed E-state index contributed by atoms with van der Waals surface area (Å²) in [5.74, 6) is 0.377. The van der Waals surface area contributed by atoms with Crippen molar-refractivity contribution in [2.45, 2.75) is 0 Å². The summed E-state index contributed by atoms with van der Waals surface area (Å²) in [4.78, 5) is 4.55. The highest BCUT2D eigenvalue weighted by Crippen LogP contribution is 2.25. The van der Waals surface area contributed by atoms with E-state index in [-0.39, 0.29) is 12.4 Å². The molecular weight excluding hydrogens is 330 g/mol. The van der Waals surface area contributed by atoms with E-state index >= 15 is 0 Å². The molecule has 4 aromatic rings. The van der Waals surface area contributed by atoms with E-state index in [1.165, 1.54) is 10.8 Å². The zero-order chi connectivity index (χ0) is 16.4. The van der Waals surface area contributed by atoms with E-state index in [4.69, 9.17) is 5.73 Å². The van der Waals surface area contributed by atoms with Gasteiger partial charge < -0.3 is 11.1 Å². The Labute approximate surface area is 152 Å². The number of nitrogens with two attached hydrogens (primary N) is 1. The summed E-state index contributed by atoms with van der Waals surface area (Å²) < 4.78 is 0. The van der Waals surface area contributed by atoms with E-state index in [0.29, 0.717) is 5.96 Å². The van der Waals surface area contributed by atoms with Crippen molar-refractivity contribution < 1.29 is 0 Å². The lowest BCUT2D eigenvalue weighted by Gasteiger charge is -2.08. The summed E-state index contributed by atoms with van der Waals surface area (Å²) in [5, 5.41) is 7.78. The number of aliphatic imine (C=N–C) groups is 1. The largest absolute Gasteiger partial charge is 0.369 e. The zero-order valence-corrected chi connectivity index (χ0v) is 14.3. The summed E-state index contributed by atoms with van der Waals surface area (Å²) in [7, 11) is 0. The van der Waals surface area contributed by atoms with Crippen LogP contribution in [0.5, 0.6) is 0 Å². The minimum atomic E-state index is 0. The highest BCUT2D eigenvalue weighted by Gasteiger charge is 2.01. The smallest absolute Gasteiger partial charge is 0.198 e. The van der Waals surface area contributed by atoms with Gasteiger partial charge in [0.2, 0.25) is 0 Å². The molecule has 0 unspecified atom stereocenters. The van der Waals surface area contributed by atoms with Gasteiger partial charge in [0.25, 0.3) is 0 Å². The summed E-state index contributed by atoms with van der Waals surface area (Å²) in [6.45, 7) is 0. The molecule has 4 rings (SSSR count). The van der Waals surface area contributed by atoms with Gasteiger partial charge in [-0.25, -0.2) is 4.99 Å². The second-order valence-corrected chi connectivity index (χ2v) is 5.68. The number of anilines is 1. The first-order valence-corrected chi connectivity index (χ1v) is 7.87. The van der Waals surface area contributed by atoms with Crippen molar-refractivity contribution in [3.63, 3.8) is 0 Å². The number of benzene rings is 4. The number of nitrogens with zero attached hydrogens (tertiary/aromatic N) is 1. The molecule has 0 heterocycles. The van der Waals surface area contributed by atoms with Crippen LogP contribution < -0.4 is 11.1 Å². The molecule has 0 aromatic heterocycles. The van der Waals surface area contributed by atoms with E-state index in [0.717, 1.165) is 22.1 Å². The Morgan fingerprint density at radius 1 is 0.720 bits per heavy atom. The number of hydrogen-bond acceptors (Lipinski definition) is 1. The molecule has 0 spiro atoms. The number of guanidine groups is 1.